The van der Waals surface area contributed by atoms with Crippen LogP contribution in [0.15, 0.2) is 34.8 Å². The number of carbonyl (C=O) groups excluding carboxylic acids is 1. The minimum absolute atomic E-state index is 0.0978. The Morgan fingerprint density at radius 1 is 1.25 bits per heavy atom. The highest BCUT2D eigenvalue weighted by Gasteiger charge is 2.23. The SMILES string of the molecule is CC1NC(=O)c2c(F)cccc2N1.COc1ccc(C)c(Br)c1O. The summed E-state index contributed by atoms with van der Waals surface area (Å²) >= 11 is 3.24. The number of aromatic hydroxyl groups is 1. The van der Waals surface area contributed by atoms with E-state index in [4.69, 9.17) is 4.74 Å². The molecule has 0 saturated heterocycles. The smallest absolute Gasteiger partial charge is 0.257 e. The van der Waals surface area contributed by atoms with Crippen molar-refractivity contribution < 1.29 is 19.0 Å². The van der Waals surface area contributed by atoms with E-state index in [0.29, 0.717) is 15.9 Å². The molecule has 24 heavy (non-hydrogen) atoms. The number of phenolic OH excluding ortho intramolecular Hbond substituents is 1. The molecule has 0 bridgehead atoms. The van der Waals surface area contributed by atoms with E-state index in [1.807, 2.05) is 13.0 Å². The van der Waals surface area contributed by atoms with E-state index in [-0.39, 0.29) is 23.4 Å². The van der Waals surface area contributed by atoms with Gasteiger partial charge in [-0.2, -0.15) is 0 Å². The Kier molecular flexibility index (Phi) is 5.66. The molecule has 1 amide bonds. The fourth-order valence-electron chi connectivity index (χ4n) is 2.23. The van der Waals surface area contributed by atoms with Crippen LogP contribution >= 0.6 is 15.9 Å². The lowest BCUT2D eigenvalue weighted by molar-refractivity contribution is 0.0935. The predicted molar refractivity (Wildman–Crippen MR) is 94.0 cm³/mol. The summed E-state index contributed by atoms with van der Waals surface area (Å²) < 4.78 is 18.7. The molecule has 2 aromatic carbocycles. The number of halogens is 2. The predicted octanol–water partition coefficient (Wildman–Crippen LogP) is 3.80. The van der Waals surface area contributed by atoms with Gasteiger partial charge in [0.05, 0.1) is 29.0 Å². The van der Waals surface area contributed by atoms with Gasteiger partial charge < -0.3 is 20.5 Å². The molecule has 7 heteroatoms. The van der Waals surface area contributed by atoms with Gasteiger partial charge in [-0.25, -0.2) is 4.39 Å². The maximum atomic E-state index is 13.1. The van der Waals surface area contributed by atoms with Crippen LogP contribution in [-0.2, 0) is 0 Å². The number of anilines is 1. The number of amides is 1. The number of rotatable bonds is 1. The number of hydrogen-bond acceptors (Lipinski definition) is 4. The molecule has 5 nitrogen and oxygen atoms in total. The van der Waals surface area contributed by atoms with Crippen molar-refractivity contribution in [2.75, 3.05) is 12.4 Å². The van der Waals surface area contributed by atoms with Gasteiger partial charge in [0.1, 0.15) is 5.82 Å². The number of carbonyl (C=O) groups is 1. The van der Waals surface area contributed by atoms with E-state index in [0.717, 1.165) is 5.56 Å². The average Bonchev–Trinajstić information content (AvgIpc) is 2.53. The lowest BCUT2D eigenvalue weighted by atomic mass is 10.1. The lowest BCUT2D eigenvalue weighted by Crippen LogP contribution is -2.43. The van der Waals surface area contributed by atoms with Gasteiger partial charge in [0, 0.05) is 0 Å². The molecule has 3 N–H and O–H groups in total. The average molecular weight is 397 g/mol. The molecule has 0 aromatic heterocycles. The third kappa shape index (κ3) is 3.79. The number of fused-ring (bicyclic) bond motifs is 1. The summed E-state index contributed by atoms with van der Waals surface area (Å²) in [4.78, 5) is 11.3. The Morgan fingerprint density at radius 2 is 1.96 bits per heavy atom. The summed E-state index contributed by atoms with van der Waals surface area (Å²) in [6, 6.07) is 8.15. The van der Waals surface area contributed by atoms with Crippen molar-refractivity contribution in [1.29, 1.82) is 0 Å². The number of aryl methyl sites for hydroxylation is 1. The Bertz CT molecular complexity index is 768. The molecular formula is C17H18BrFN2O3. The van der Waals surface area contributed by atoms with E-state index in [1.165, 1.54) is 13.2 Å². The standard InChI is InChI=1S/C9H9FN2O.C8H9BrO2/c1-5-11-7-4-2-3-6(10)8(7)9(13)12-5;1-5-3-4-6(11-2)8(10)7(5)9/h2-5,11H,1H3,(H,12,13);3-4,10H,1-2H3. The molecule has 0 aliphatic carbocycles. The maximum absolute atomic E-state index is 13.1. The van der Waals surface area contributed by atoms with Crippen molar-refractivity contribution in [3.63, 3.8) is 0 Å². The highest BCUT2D eigenvalue weighted by atomic mass is 79.9. The van der Waals surface area contributed by atoms with Gasteiger partial charge in [-0.1, -0.05) is 12.1 Å². The first-order valence-corrected chi connectivity index (χ1v) is 8.02. The zero-order valence-electron chi connectivity index (χ0n) is 13.5. The van der Waals surface area contributed by atoms with Crippen LogP contribution in [-0.4, -0.2) is 24.3 Å². The first-order valence-electron chi connectivity index (χ1n) is 7.23. The van der Waals surface area contributed by atoms with Gasteiger partial charge >= 0.3 is 0 Å². The van der Waals surface area contributed by atoms with Crippen LogP contribution in [0.4, 0.5) is 10.1 Å². The Labute approximate surface area is 148 Å². The number of ether oxygens (including phenoxy) is 1. The van der Waals surface area contributed by atoms with Crippen molar-refractivity contribution in [3.8, 4) is 11.5 Å². The monoisotopic (exact) mass is 396 g/mol. The quantitative estimate of drug-likeness (QED) is 0.685. The van der Waals surface area contributed by atoms with E-state index in [2.05, 4.69) is 26.6 Å². The largest absolute Gasteiger partial charge is 0.503 e. The molecular weight excluding hydrogens is 379 g/mol. The molecule has 0 saturated carbocycles. The van der Waals surface area contributed by atoms with Crippen molar-refractivity contribution in [1.82, 2.24) is 5.32 Å². The van der Waals surface area contributed by atoms with Crippen LogP contribution in [0.5, 0.6) is 11.5 Å². The van der Waals surface area contributed by atoms with Crippen molar-refractivity contribution in [3.05, 3.63) is 51.7 Å². The fraction of sp³-hybridized carbons (Fsp3) is 0.235. The van der Waals surface area contributed by atoms with Crippen LogP contribution in [0.2, 0.25) is 0 Å². The lowest BCUT2D eigenvalue weighted by Gasteiger charge is -2.24. The fourth-order valence-corrected chi connectivity index (χ4v) is 2.55. The van der Waals surface area contributed by atoms with Gasteiger partial charge in [-0.15, -0.1) is 0 Å². The molecule has 0 fully saturated rings. The van der Waals surface area contributed by atoms with Gasteiger partial charge in [0.15, 0.2) is 11.5 Å². The van der Waals surface area contributed by atoms with Crippen LogP contribution in [0.1, 0.15) is 22.8 Å². The molecule has 0 radical (unpaired) electrons. The summed E-state index contributed by atoms with van der Waals surface area (Å²) in [5.74, 6) is -0.205. The van der Waals surface area contributed by atoms with Gasteiger partial charge in [-0.05, 0) is 53.5 Å². The van der Waals surface area contributed by atoms with Crippen LogP contribution in [0, 0.1) is 12.7 Å². The summed E-state index contributed by atoms with van der Waals surface area (Å²) in [7, 11) is 1.52. The topological polar surface area (TPSA) is 70.6 Å². The maximum Gasteiger partial charge on any atom is 0.257 e. The Balaban J connectivity index is 0.000000177. The second kappa shape index (κ2) is 7.53. The highest BCUT2D eigenvalue weighted by Crippen LogP contribution is 2.35. The molecule has 1 atom stereocenters. The first-order chi connectivity index (χ1) is 11.3. The summed E-state index contributed by atoms with van der Waals surface area (Å²) in [6.07, 6.45) is -0.151. The number of nitrogens with one attached hydrogen (secondary N) is 2. The molecule has 1 unspecified atom stereocenters. The number of phenols is 1. The zero-order valence-corrected chi connectivity index (χ0v) is 15.1. The second-order valence-electron chi connectivity index (χ2n) is 5.25. The minimum Gasteiger partial charge on any atom is -0.503 e. The summed E-state index contributed by atoms with van der Waals surface area (Å²) in [5.41, 5.74) is 1.64. The van der Waals surface area contributed by atoms with E-state index in [9.17, 15) is 14.3 Å². The number of hydrogen-bond donors (Lipinski definition) is 3. The molecule has 1 aliphatic rings. The van der Waals surface area contributed by atoms with Crippen LogP contribution in [0.3, 0.4) is 0 Å². The van der Waals surface area contributed by atoms with E-state index < -0.39 is 5.82 Å². The van der Waals surface area contributed by atoms with E-state index >= 15 is 0 Å². The molecule has 1 aliphatic heterocycles. The Morgan fingerprint density at radius 3 is 2.62 bits per heavy atom. The third-order valence-electron chi connectivity index (χ3n) is 3.45. The summed E-state index contributed by atoms with van der Waals surface area (Å²) in [6.45, 7) is 3.70. The molecule has 1 heterocycles. The van der Waals surface area contributed by atoms with Crippen molar-refractivity contribution in [2.45, 2.75) is 20.0 Å². The molecule has 128 valence electrons. The third-order valence-corrected chi connectivity index (χ3v) is 4.45. The summed E-state index contributed by atoms with van der Waals surface area (Å²) in [5, 5.41) is 15.0. The van der Waals surface area contributed by atoms with Gasteiger partial charge in [-0.3, -0.25) is 4.79 Å². The molecule has 0 spiro atoms. The van der Waals surface area contributed by atoms with Crippen LogP contribution < -0.4 is 15.4 Å². The minimum atomic E-state index is -0.491. The van der Waals surface area contributed by atoms with E-state index in [1.54, 1.807) is 25.1 Å². The Hall–Kier alpha value is -2.28. The van der Waals surface area contributed by atoms with Gasteiger partial charge in [0.2, 0.25) is 0 Å². The van der Waals surface area contributed by atoms with Gasteiger partial charge in [0.25, 0.3) is 5.91 Å². The van der Waals surface area contributed by atoms with Crippen molar-refractivity contribution in [2.24, 2.45) is 0 Å². The highest BCUT2D eigenvalue weighted by molar-refractivity contribution is 9.10. The second-order valence-corrected chi connectivity index (χ2v) is 6.04. The van der Waals surface area contributed by atoms with Crippen LogP contribution in [0.25, 0.3) is 0 Å². The number of benzene rings is 2. The zero-order chi connectivity index (χ0) is 17.9. The molecule has 2 aromatic rings. The number of methoxy groups -OCH3 is 1. The first kappa shape index (κ1) is 18.1. The molecule has 3 rings (SSSR count). The van der Waals surface area contributed by atoms with Crippen molar-refractivity contribution >= 4 is 27.5 Å². The normalized spacial score (nSPS) is 15.4.